The Morgan fingerprint density at radius 3 is 2.60 bits per heavy atom. The van der Waals surface area contributed by atoms with Crippen LogP contribution in [0.1, 0.15) is 17.1 Å². The van der Waals surface area contributed by atoms with Gasteiger partial charge in [0, 0.05) is 6.08 Å². The zero-order chi connectivity index (χ0) is 14.5. The first-order valence-corrected chi connectivity index (χ1v) is 5.46. The topological polar surface area (TPSA) is 132 Å². The summed E-state index contributed by atoms with van der Waals surface area (Å²) in [6, 6.07) is 0. The fraction of sp³-hybridized carbons (Fsp3) is 0. The van der Waals surface area contributed by atoms with Crippen LogP contribution in [0.2, 0.25) is 0 Å². The molecule has 0 radical (unpaired) electrons. The summed E-state index contributed by atoms with van der Waals surface area (Å²) in [4.78, 5) is 35.0. The summed E-state index contributed by atoms with van der Waals surface area (Å²) in [7, 11) is 0. The number of hydrogen-bond donors (Lipinski definition) is 4. The van der Waals surface area contributed by atoms with E-state index in [0.29, 0.717) is 11.4 Å². The first-order valence-electron chi connectivity index (χ1n) is 5.46. The van der Waals surface area contributed by atoms with Crippen molar-refractivity contribution >= 4 is 29.7 Å². The van der Waals surface area contributed by atoms with Crippen LogP contribution in [0.3, 0.4) is 0 Å². The summed E-state index contributed by atoms with van der Waals surface area (Å²) >= 11 is 0. The normalized spacial score (nSPS) is 11.9. The van der Waals surface area contributed by atoms with E-state index in [1.165, 1.54) is 31.0 Å². The molecule has 102 valence electrons. The highest BCUT2D eigenvalue weighted by Gasteiger charge is 2.16. The number of rotatable bonds is 5. The third-order valence-corrected chi connectivity index (χ3v) is 2.37. The molecule has 0 atom stereocenters. The lowest BCUT2D eigenvalue weighted by atomic mass is 10.1. The monoisotopic (exact) mass is 274 g/mol. The van der Waals surface area contributed by atoms with E-state index in [9.17, 15) is 14.7 Å². The van der Waals surface area contributed by atoms with Crippen LogP contribution >= 0.6 is 0 Å². The van der Waals surface area contributed by atoms with Gasteiger partial charge in [-0.25, -0.2) is 19.6 Å². The number of carboxylic acids is 2. The molecule has 0 aliphatic rings. The number of H-pyrrole nitrogens is 2. The van der Waals surface area contributed by atoms with Crippen molar-refractivity contribution in [2.75, 3.05) is 0 Å². The Labute approximate surface area is 112 Å². The summed E-state index contributed by atoms with van der Waals surface area (Å²) < 4.78 is 0. The molecule has 8 nitrogen and oxygen atoms in total. The molecule has 4 N–H and O–H groups in total. The molecule has 0 unspecified atom stereocenters. The quantitative estimate of drug-likeness (QED) is 0.598. The van der Waals surface area contributed by atoms with E-state index < -0.39 is 11.9 Å². The van der Waals surface area contributed by atoms with Gasteiger partial charge >= 0.3 is 11.9 Å². The lowest BCUT2D eigenvalue weighted by Crippen LogP contribution is -2.02. The lowest BCUT2D eigenvalue weighted by molar-refractivity contribution is -0.131. The predicted octanol–water partition coefficient (Wildman–Crippen LogP) is 0.856. The summed E-state index contributed by atoms with van der Waals surface area (Å²) in [6.07, 6.45) is 7.68. The molecule has 2 aromatic rings. The first kappa shape index (κ1) is 13.3. The van der Waals surface area contributed by atoms with Crippen LogP contribution in [0.4, 0.5) is 0 Å². The largest absolute Gasteiger partial charge is 0.478 e. The molecule has 0 saturated heterocycles. The van der Waals surface area contributed by atoms with Crippen molar-refractivity contribution in [2.45, 2.75) is 0 Å². The number of aromatic nitrogens is 4. The van der Waals surface area contributed by atoms with E-state index in [1.807, 2.05) is 0 Å². The Morgan fingerprint density at radius 2 is 2.00 bits per heavy atom. The Morgan fingerprint density at radius 1 is 1.20 bits per heavy atom. The second kappa shape index (κ2) is 5.65. The van der Waals surface area contributed by atoms with Gasteiger partial charge in [0.05, 0.1) is 35.8 Å². The molecule has 20 heavy (non-hydrogen) atoms. The smallest absolute Gasteiger partial charge is 0.338 e. The molecule has 2 aromatic heterocycles. The van der Waals surface area contributed by atoms with E-state index in [2.05, 4.69) is 19.9 Å². The molecular formula is C12H10N4O4. The second-order valence-corrected chi connectivity index (χ2v) is 3.71. The number of nitrogens with one attached hydrogen (secondary N) is 2. The molecule has 0 aliphatic carbocycles. The Bertz CT molecular complexity index is 682. The standard InChI is InChI=1S/C12H10N4O4/c17-10(18)2-1-9-11(16-6-15-9)8(12(19)20)3-7-4-13-5-14-7/h1-6H,(H,13,14)(H,15,16)(H,17,18)(H,19,20). The van der Waals surface area contributed by atoms with Crippen LogP contribution < -0.4 is 0 Å². The van der Waals surface area contributed by atoms with Crippen molar-refractivity contribution in [1.82, 2.24) is 19.9 Å². The minimum atomic E-state index is -1.18. The number of hydrogen-bond acceptors (Lipinski definition) is 4. The predicted molar refractivity (Wildman–Crippen MR) is 69.4 cm³/mol. The molecule has 0 aromatic carbocycles. The van der Waals surface area contributed by atoms with Gasteiger partial charge in [0.15, 0.2) is 0 Å². The van der Waals surface area contributed by atoms with E-state index >= 15 is 0 Å². The van der Waals surface area contributed by atoms with Crippen molar-refractivity contribution in [3.8, 4) is 0 Å². The molecule has 0 aliphatic heterocycles. The number of carboxylic acid groups (broad SMARTS) is 2. The number of aliphatic carboxylic acids is 2. The highest BCUT2D eigenvalue weighted by atomic mass is 16.4. The highest BCUT2D eigenvalue weighted by molar-refractivity contribution is 6.20. The van der Waals surface area contributed by atoms with Gasteiger partial charge in [-0.1, -0.05) is 0 Å². The number of carbonyl (C=O) groups is 2. The van der Waals surface area contributed by atoms with E-state index in [0.717, 1.165) is 6.08 Å². The first-order chi connectivity index (χ1) is 9.58. The summed E-state index contributed by atoms with van der Waals surface area (Å²) in [5.41, 5.74) is 0.851. The van der Waals surface area contributed by atoms with E-state index in [1.54, 1.807) is 0 Å². The van der Waals surface area contributed by atoms with Crippen molar-refractivity contribution < 1.29 is 19.8 Å². The van der Waals surface area contributed by atoms with Gasteiger partial charge in [-0.3, -0.25) is 0 Å². The van der Waals surface area contributed by atoms with Crippen LogP contribution in [-0.4, -0.2) is 42.1 Å². The van der Waals surface area contributed by atoms with Crippen molar-refractivity contribution in [1.29, 1.82) is 0 Å². The maximum absolute atomic E-state index is 11.3. The molecule has 0 spiro atoms. The van der Waals surface area contributed by atoms with Gasteiger partial charge < -0.3 is 20.2 Å². The SMILES string of the molecule is O=C(O)C=Cc1[nH]cnc1C(=Cc1cnc[nH]1)C(=O)O. The van der Waals surface area contributed by atoms with Crippen LogP contribution in [0.25, 0.3) is 17.7 Å². The zero-order valence-electron chi connectivity index (χ0n) is 10.1. The van der Waals surface area contributed by atoms with E-state index in [-0.39, 0.29) is 11.3 Å². The molecule has 0 bridgehead atoms. The molecule has 0 fully saturated rings. The molecular weight excluding hydrogens is 264 g/mol. The zero-order valence-corrected chi connectivity index (χ0v) is 10.1. The van der Waals surface area contributed by atoms with Gasteiger partial charge in [-0.05, 0) is 12.2 Å². The van der Waals surface area contributed by atoms with Crippen LogP contribution in [0, 0.1) is 0 Å². The Kier molecular flexibility index (Phi) is 3.75. The highest BCUT2D eigenvalue weighted by Crippen LogP contribution is 2.19. The fourth-order valence-electron chi connectivity index (χ4n) is 1.53. The Hall–Kier alpha value is -3.16. The van der Waals surface area contributed by atoms with Crippen LogP contribution in [-0.2, 0) is 9.59 Å². The number of nitrogens with zero attached hydrogens (tertiary/aromatic N) is 2. The van der Waals surface area contributed by atoms with Crippen LogP contribution in [0.5, 0.6) is 0 Å². The van der Waals surface area contributed by atoms with Gasteiger partial charge in [-0.15, -0.1) is 0 Å². The maximum atomic E-state index is 11.3. The summed E-state index contributed by atoms with van der Waals surface area (Å²) in [5, 5.41) is 17.8. The van der Waals surface area contributed by atoms with Crippen molar-refractivity contribution in [2.24, 2.45) is 0 Å². The minimum absolute atomic E-state index is 0.0828. The average Bonchev–Trinajstić information content (AvgIpc) is 3.04. The van der Waals surface area contributed by atoms with Crippen molar-refractivity contribution in [3.05, 3.63) is 42.0 Å². The van der Waals surface area contributed by atoms with Gasteiger partial charge in [0.1, 0.15) is 5.69 Å². The molecule has 8 heteroatoms. The summed E-state index contributed by atoms with van der Waals surface area (Å²) in [5.74, 6) is -2.32. The third-order valence-electron chi connectivity index (χ3n) is 2.37. The lowest BCUT2D eigenvalue weighted by Gasteiger charge is -2.00. The number of imidazole rings is 2. The maximum Gasteiger partial charge on any atom is 0.338 e. The van der Waals surface area contributed by atoms with Gasteiger partial charge in [0.25, 0.3) is 0 Å². The van der Waals surface area contributed by atoms with E-state index in [4.69, 9.17) is 5.11 Å². The third kappa shape index (κ3) is 2.99. The number of aromatic amines is 2. The molecule has 2 heterocycles. The van der Waals surface area contributed by atoms with Crippen molar-refractivity contribution in [3.63, 3.8) is 0 Å². The summed E-state index contributed by atoms with van der Waals surface area (Å²) in [6.45, 7) is 0. The van der Waals surface area contributed by atoms with Gasteiger partial charge in [-0.2, -0.15) is 0 Å². The molecule has 0 amide bonds. The fourth-order valence-corrected chi connectivity index (χ4v) is 1.53. The second-order valence-electron chi connectivity index (χ2n) is 3.71. The minimum Gasteiger partial charge on any atom is -0.478 e. The molecule has 2 rings (SSSR count). The van der Waals surface area contributed by atoms with Gasteiger partial charge in [0.2, 0.25) is 0 Å². The average molecular weight is 274 g/mol. The van der Waals surface area contributed by atoms with Crippen LogP contribution in [0.15, 0.2) is 24.9 Å². The molecule has 0 saturated carbocycles. The Balaban J connectivity index is 2.44.